The highest BCUT2D eigenvalue weighted by atomic mass is 16.6. The van der Waals surface area contributed by atoms with E-state index in [-0.39, 0.29) is 5.69 Å². The normalized spacial score (nSPS) is 12.3. The predicted molar refractivity (Wildman–Crippen MR) is 103 cm³/mol. The number of fused-ring (bicyclic) bond motifs is 1. The van der Waals surface area contributed by atoms with Crippen molar-refractivity contribution in [3.05, 3.63) is 65.0 Å². The molecule has 0 atom stereocenters. The first-order valence-electron chi connectivity index (χ1n) is 9.02. The maximum atomic E-state index is 12.4. The number of benzene rings is 2. The molecule has 1 aliphatic rings. The number of nitrogens with one attached hydrogen (secondary N) is 2. The van der Waals surface area contributed by atoms with Crippen LogP contribution >= 0.6 is 0 Å². The largest absolute Gasteiger partial charge is 0.486 e. The zero-order valence-corrected chi connectivity index (χ0v) is 15.9. The Labute approximate surface area is 166 Å². The minimum atomic E-state index is -0.563. The molecule has 9 nitrogen and oxygen atoms in total. The number of ether oxygens (including phenoxy) is 2. The van der Waals surface area contributed by atoms with Crippen LogP contribution in [0.1, 0.15) is 32.1 Å². The SMILES string of the molecule is Cc1ccc(-n2nnc(C(=O)NNC(=O)c3ccc4c(c3)OCCO4)c2C)cc1. The van der Waals surface area contributed by atoms with E-state index in [1.54, 1.807) is 29.8 Å². The number of carbonyl (C=O) groups excluding carboxylic acids is 2. The van der Waals surface area contributed by atoms with Gasteiger partial charge in [-0.2, -0.15) is 0 Å². The summed E-state index contributed by atoms with van der Waals surface area (Å²) in [5, 5.41) is 7.97. The number of aryl methyl sites for hydroxylation is 1. The molecular formula is C20H19N5O4. The summed E-state index contributed by atoms with van der Waals surface area (Å²) in [6.07, 6.45) is 0. The third-order valence-corrected chi connectivity index (χ3v) is 4.48. The first-order chi connectivity index (χ1) is 14.0. The van der Waals surface area contributed by atoms with E-state index in [0.29, 0.717) is 36.0 Å². The Morgan fingerprint density at radius 3 is 2.38 bits per heavy atom. The summed E-state index contributed by atoms with van der Waals surface area (Å²) in [6.45, 7) is 4.61. The third-order valence-electron chi connectivity index (χ3n) is 4.48. The van der Waals surface area contributed by atoms with Gasteiger partial charge in [0.15, 0.2) is 17.2 Å². The smallest absolute Gasteiger partial charge is 0.292 e. The molecule has 0 bridgehead atoms. The zero-order chi connectivity index (χ0) is 20.4. The number of aromatic nitrogens is 3. The van der Waals surface area contributed by atoms with Gasteiger partial charge >= 0.3 is 0 Å². The van der Waals surface area contributed by atoms with E-state index in [4.69, 9.17) is 9.47 Å². The molecule has 9 heteroatoms. The molecule has 2 aromatic carbocycles. The zero-order valence-electron chi connectivity index (χ0n) is 15.9. The van der Waals surface area contributed by atoms with Crippen molar-refractivity contribution in [1.29, 1.82) is 0 Å². The summed E-state index contributed by atoms with van der Waals surface area (Å²) in [4.78, 5) is 24.8. The highest BCUT2D eigenvalue weighted by Gasteiger charge is 2.19. The van der Waals surface area contributed by atoms with Crippen molar-refractivity contribution in [3.63, 3.8) is 0 Å². The van der Waals surface area contributed by atoms with Gasteiger partial charge in [-0.15, -0.1) is 5.10 Å². The van der Waals surface area contributed by atoms with Crippen molar-refractivity contribution in [2.24, 2.45) is 0 Å². The van der Waals surface area contributed by atoms with E-state index in [2.05, 4.69) is 21.2 Å². The number of rotatable bonds is 3. The van der Waals surface area contributed by atoms with E-state index < -0.39 is 11.8 Å². The highest BCUT2D eigenvalue weighted by Crippen LogP contribution is 2.30. The lowest BCUT2D eigenvalue weighted by atomic mass is 10.2. The number of nitrogens with zero attached hydrogens (tertiary/aromatic N) is 3. The Morgan fingerprint density at radius 1 is 0.931 bits per heavy atom. The van der Waals surface area contributed by atoms with E-state index in [1.165, 1.54) is 0 Å². The lowest BCUT2D eigenvalue weighted by Gasteiger charge is -2.18. The molecule has 0 fully saturated rings. The molecule has 2 N–H and O–H groups in total. The maximum Gasteiger partial charge on any atom is 0.292 e. The molecule has 148 valence electrons. The van der Waals surface area contributed by atoms with Gasteiger partial charge in [0.05, 0.1) is 11.4 Å². The van der Waals surface area contributed by atoms with Crippen molar-refractivity contribution in [2.45, 2.75) is 13.8 Å². The molecule has 2 heterocycles. The van der Waals surface area contributed by atoms with Gasteiger partial charge in [-0.25, -0.2) is 4.68 Å². The molecule has 0 saturated carbocycles. The second-order valence-electron chi connectivity index (χ2n) is 6.54. The minimum absolute atomic E-state index is 0.119. The van der Waals surface area contributed by atoms with E-state index in [0.717, 1.165) is 11.3 Å². The lowest BCUT2D eigenvalue weighted by Crippen LogP contribution is -2.42. The van der Waals surface area contributed by atoms with Crippen molar-refractivity contribution in [3.8, 4) is 17.2 Å². The number of carbonyl (C=O) groups is 2. The Balaban J connectivity index is 1.43. The average Bonchev–Trinajstić information content (AvgIpc) is 3.13. The average molecular weight is 393 g/mol. The maximum absolute atomic E-state index is 12.4. The van der Waals surface area contributed by atoms with Crippen LogP contribution in [0.2, 0.25) is 0 Å². The first kappa shape index (κ1) is 18.5. The molecule has 29 heavy (non-hydrogen) atoms. The Hall–Kier alpha value is -3.88. The highest BCUT2D eigenvalue weighted by molar-refractivity contribution is 5.99. The molecule has 1 aromatic heterocycles. The van der Waals surface area contributed by atoms with Crippen LogP contribution in [0.4, 0.5) is 0 Å². The number of amides is 2. The minimum Gasteiger partial charge on any atom is -0.486 e. The van der Waals surface area contributed by atoms with E-state index >= 15 is 0 Å². The molecule has 2 amide bonds. The van der Waals surface area contributed by atoms with Gasteiger partial charge in [0.1, 0.15) is 13.2 Å². The quantitative estimate of drug-likeness (QED) is 0.657. The first-order valence-corrected chi connectivity index (χ1v) is 9.02. The third kappa shape index (κ3) is 3.75. The summed E-state index contributed by atoms with van der Waals surface area (Å²) < 4.78 is 12.5. The van der Waals surface area contributed by atoms with Crippen LogP contribution in [0, 0.1) is 13.8 Å². The molecule has 0 unspecified atom stereocenters. The molecule has 4 rings (SSSR count). The standard InChI is InChI=1S/C20H19N5O4/c1-12-3-6-15(7-4-12)25-13(2)18(21-24-25)20(27)23-22-19(26)14-5-8-16-17(11-14)29-10-9-28-16/h3-8,11H,9-10H2,1-2H3,(H,22,26)(H,23,27). The fourth-order valence-electron chi connectivity index (χ4n) is 2.90. The second kappa shape index (κ2) is 7.63. The molecule has 1 aliphatic heterocycles. The van der Waals surface area contributed by atoms with E-state index in [9.17, 15) is 9.59 Å². The van der Waals surface area contributed by atoms with Crippen molar-refractivity contribution < 1.29 is 19.1 Å². The molecule has 0 radical (unpaired) electrons. The monoisotopic (exact) mass is 393 g/mol. The fraction of sp³-hybridized carbons (Fsp3) is 0.200. The predicted octanol–water partition coefficient (Wildman–Crippen LogP) is 1.73. The summed E-state index contributed by atoms with van der Waals surface area (Å²) in [5.41, 5.74) is 7.65. The van der Waals surface area contributed by atoms with Gasteiger partial charge in [0.2, 0.25) is 0 Å². The number of hydrogen-bond donors (Lipinski definition) is 2. The van der Waals surface area contributed by atoms with Gasteiger partial charge in [-0.1, -0.05) is 22.9 Å². The van der Waals surface area contributed by atoms with Crippen LogP contribution in [0.15, 0.2) is 42.5 Å². The molecular weight excluding hydrogens is 374 g/mol. The van der Waals surface area contributed by atoms with Crippen molar-refractivity contribution in [2.75, 3.05) is 13.2 Å². The lowest BCUT2D eigenvalue weighted by molar-refractivity contribution is 0.0843. The van der Waals surface area contributed by atoms with Gasteiger partial charge in [-0.05, 0) is 44.2 Å². The van der Waals surface area contributed by atoms with Crippen molar-refractivity contribution >= 4 is 11.8 Å². The summed E-state index contributed by atoms with van der Waals surface area (Å²) >= 11 is 0. The topological polar surface area (TPSA) is 107 Å². The fourth-order valence-corrected chi connectivity index (χ4v) is 2.90. The van der Waals surface area contributed by atoms with Gasteiger partial charge < -0.3 is 9.47 Å². The summed E-state index contributed by atoms with van der Waals surface area (Å²) in [7, 11) is 0. The van der Waals surface area contributed by atoms with Gasteiger partial charge in [-0.3, -0.25) is 20.4 Å². The van der Waals surface area contributed by atoms with E-state index in [1.807, 2.05) is 31.2 Å². The second-order valence-corrected chi connectivity index (χ2v) is 6.54. The van der Waals surface area contributed by atoms with Crippen LogP contribution in [0.3, 0.4) is 0 Å². The van der Waals surface area contributed by atoms with Crippen LogP contribution in [-0.2, 0) is 0 Å². The van der Waals surface area contributed by atoms with Crippen LogP contribution in [0.5, 0.6) is 11.5 Å². The number of hydrogen-bond acceptors (Lipinski definition) is 6. The van der Waals surface area contributed by atoms with Gasteiger partial charge in [0, 0.05) is 5.56 Å². The number of hydrazine groups is 1. The van der Waals surface area contributed by atoms with Crippen LogP contribution in [0.25, 0.3) is 5.69 Å². The van der Waals surface area contributed by atoms with Gasteiger partial charge in [0.25, 0.3) is 11.8 Å². The van der Waals surface area contributed by atoms with Crippen molar-refractivity contribution in [1.82, 2.24) is 25.8 Å². The Kier molecular flexibility index (Phi) is 4.86. The Bertz CT molecular complexity index is 1070. The van der Waals surface area contributed by atoms with Crippen LogP contribution < -0.4 is 20.3 Å². The van der Waals surface area contributed by atoms with Crippen LogP contribution in [-0.4, -0.2) is 40.0 Å². The molecule has 0 saturated heterocycles. The molecule has 3 aromatic rings. The molecule has 0 aliphatic carbocycles. The summed E-state index contributed by atoms with van der Waals surface area (Å²) in [5.74, 6) is 0.0259. The Morgan fingerprint density at radius 2 is 1.62 bits per heavy atom. The molecule has 0 spiro atoms. The summed E-state index contributed by atoms with van der Waals surface area (Å²) in [6, 6.07) is 12.5.